The number of hydrogen-bond acceptors (Lipinski definition) is 4. The summed E-state index contributed by atoms with van der Waals surface area (Å²) in [4.78, 5) is 38.6. The van der Waals surface area contributed by atoms with Gasteiger partial charge in [0.2, 0.25) is 0 Å². The number of hydrogen-bond donors (Lipinski definition) is 0. The molecule has 0 unspecified atom stereocenters. The van der Waals surface area contributed by atoms with Gasteiger partial charge in [-0.2, -0.15) is 0 Å². The zero-order valence-corrected chi connectivity index (χ0v) is 18.4. The minimum Gasteiger partial charge on any atom is -0.465 e. The molecule has 3 aliphatic rings. The van der Waals surface area contributed by atoms with Crippen LogP contribution in [0.3, 0.4) is 0 Å². The maximum Gasteiger partial charge on any atom is 0.338 e. The van der Waals surface area contributed by atoms with Crippen LogP contribution in [-0.2, 0) is 4.74 Å². The molecular formula is C27H25NO4. The molecule has 5 nitrogen and oxygen atoms in total. The third kappa shape index (κ3) is 3.82. The molecule has 1 aromatic carbocycles. The van der Waals surface area contributed by atoms with Crippen LogP contribution in [0.15, 0.2) is 60.7 Å². The van der Waals surface area contributed by atoms with Gasteiger partial charge in [-0.15, -0.1) is 0 Å². The first kappa shape index (κ1) is 21.5. The Hall–Kier alpha value is -3.73. The summed E-state index contributed by atoms with van der Waals surface area (Å²) in [6.07, 6.45) is 4.37. The minimum absolute atomic E-state index is 0.251. The number of methoxy groups -OCH3 is 1. The summed E-state index contributed by atoms with van der Waals surface area (Å²) in [5.74, 6) is -0.511. The summed E-state index contributed by atoms with van der Waals surface area (Å²) < 4.78 is 4.97. The fraction of sp³-hybridized carbons (Fsp3) is 0.222. The van der Waals surface area contributed by atoms with Gasteiger partial charge in [-0.05, 0) is 52.8 Å². The van der Waals surface area contributed by atoms with Crippen molar-refractivity contribution in [2.45, 2.75) is 26.2 Å². The van der Waals surface area contributed by atoms with Gasteiger partial charge in [0.05, 0.1) is 23.8 Å². The SMILES string of the molecule is COC(=O)c1cc(/C=C\CCN2C(=O)c3ccccc3C2=O)c2ccc(C(C)C)ccc1-2. The molecule has 32 heavy (non-hydrogen) atoms. The second-order valence-corrected chi connectivity index (χ2v) is 8.15. The first-order valence-corrected chi connectivity index (χ1v) is 10.7. The van der Waals surface area contributed by atoms with Crippen LogP contribution in [0.5, 0.6) is 0 Å². The molecule has 1 heterocycles. The zero-order chi connectivity index (χ0) is 22.8. The highest BCUT2D eigenvalue weighted by Gasteiger charge is 2.34. The molecule has 0 atom stereocenters. The maximum atomic E-state index is 12.5. The number of fused-ring (bicyclic) bond motifs is 2. The topological polar surface area (TPSA) is 63.7 Å². The van der Waals surface area contributed by atoms with Gasteiger partial charge in [0.15, 0.2) is 0 Å². The normalized spacial score (nSPS) is 13.4. The van der Waals surface area contributed by atoms with Gasteiger partial charge < -0.3 is 4.74 Å². The standard InChI is InChI=1S/C27H25NO4/c1-17(2)18-11-13-20-19(16-24(27(31)32-3)21(20)14-12-18)8-6-7-15-28-25(29)22-9-4-5-10-23(22)26(28)30/h4-6,8-14,16-17H,7,15H2,1-3H3/b8-6-. The van der Waals surface area contributed by atoms with Crippen molar-refractivity contribution in [3.63, 3.8) is 0 Å². The highest BCUT2D eigenvalue weighted by atomic mass is 16.5. The Morgan fingerprint density at radius 2 is 1.56 bits per heavy atom. The Bertz CT molecular complexity index is 1170. The Kier molecular flexibility index (Phi) is 5.91. The molecular weight excluding hydrogens is 402 g/mol. The Morgan fingerprint density at radius 3 is 2.16 bits per heavy atom. The van der Waals surface area contributed by atoms with Crippen LogP contribution in [0.1, 0.15) is 68.4 Å². The van der Waals surface area contributed by atoms with E-state index in [-0.39, 0.29) is 17.8 Å². The van der Waals surface area contributed by atoms with Gasteiger partial charge in [-0.25, -0.2) is 4.79 Å². The molecule has 0 spiro atoms. The van der Waals surface area contributed by atoms with E-state index in [1.165, 1.54) is 17.6 Å². The molecule has 0 aromatic heterocycles. The summed E-state index contributed by atoms with van der Waals surface area (Å²) in [6.45, 7) is 4.55. The number of esters is 1. The average molecular weight is 428 g/mol. The predicted octanol–water partition coefficient (Wildman–Crippen LogP) is 5.40. The fourth-order valence-corrected chi connectivity index (χ4v) is 4.05. The minimum atomic E-state index is -0.377. The highest BCUT2D eigenvalue weighted by Crippen LogP contribution is 2.34. The summed E-state index contributed by atoms with van der Waals surface area (Å²) in [6, 6.07) is 16.8. The largest absolute Gasteiger partial charge is 0.465 e. The average Bonchev–Trinajstić information content (AvgIpc) is 3.14. The van der Waals surface area contributed by atoms with Gasteiger partial charge in [0.25, 0.3) is 11.8 Å². The quantitative estimate of drug-likeness (QED) is 0.390. The van der Waals surface area contributed by atoms with E-state index in [4.69, 9.17) is 4.74 Å². The molecule has 0 bridgehead atoms. The van der Waals surface area contributed by atoms with Crippen LogP contribution in [0.25, 0.3) is 17.2 Å². The van der Waals surface area contributed by atoms with E-state index in [9.17, 15) is 14.4 Å². The summed E-state index contributed by atoms with van der Waals surface area (Å²) >= 11 is 0. The number of rotatable bonds is 6. The lowest BCUT2D eigenvalue weighted by atomic mass is 10.1. The molecule has 1 aliphatic heterocycles. The number of carbonyl (C=O) groups excluding carboxylic acids is 3. The van der Waals surface area contributed by atoms with E-state index >= 15 is 0 Å². The molecule has 0 saturated carbocycles. The van der Waals surface area contributed by atoms with E-state index in [1.54, 1.807) is 24.3 Å². The summed E-state index contributed by atoms with van der Waals surface area (Å²) in [5.41, 5.74) is 5.30. The van der Waals surface area contributed by atoms with Gasteiger partial charge in [0.1, 0.15) is 0 Å². The van der Waals surface area contributed by atoms with E-state index in [0.717, 1.165) is 16.7 Å². The van der Waals surface area contributed by atoms with Crippen LogP contribution >= 0.6 is 0 Å². The van der Waals surface area contributed by atoms with Crippen molar-refractivity contribution < 1.29 is 19.1 Å². The van der Waals surface area contributed by atoms with Crippen molar-refractivity contribution in [1.29, 1.82) is 0 Å². The maximum absolute atomic E-state index is 12.5. The van der Waals surface area contributed by atoms with Crippen LogP contribution in [0.2, 0.25) is 0 Å². The Labute approximate surface area is 187 Å². The van der Waals surface area contributed by atoms with E-state index in [2.05, 4.69) is 19.9 Å². The van der Waals surface area contributed by atoms with Gasteiger partial charge in [0, 0.05) is 6.54 Å². The summed E-state index contributed by atoms with van der Waals surface area (Å²) in [5, 5.41) is 0. The van der Waals surface area contributed by atoms with Gasteiger partial charge >= 0.3 is 5.97 Å². The predicted molar refractivity (Wildman–Crippen MR) is 124 cm³/mol. The number of amides is 2. The van der Waals surface area contributed by atoms with E-state index in [1.807, 2.05) is 36.4 Å². The molecule has 2 amide bonds. The number of imide groups is 1. The molecule has 4 rings (SSSR count). The zero-order valence-electron chi connectivity index (χ0n) is 18.4. The molecule has 5 heteroatoms. The monoisotopic (exact) mass is 427 g/mol. The molecule has 0 saturated heterocycles. The molecule has 1 aromatic rings. The van der Waals surface area contributed by atoms with Crippen molar-refractivity contribution in [3.8, 4) is 11.1 Å². The van der Waals surface area contributed by atoms with Crippen LogP contribution < -0.4 is 0 Å². The van der Waals surface area contributed by atoms with Crippen molar-refractivity contribution in [2.75, 3.05) is 13.7 Å². The lowest BCUT2D eigenvalue weighted by Crippen LogP contribution is -2.30. The smallest absolute Gasteiger partial charge is 0.338 e. The molecule has 2 aliphatic carbocycles. The van der Waals surface area contributed by atoms with E-state index < -0.39 is 0 Å². The molecule has 162 valence electrons. The lowest BCUT2D eigenvalue weighted by Gasteiger charge is -2.11. The molecule has 0 N–H and O–H groups in total. The third-order valence-corrected chi connectivity index (χ3v) is 5.84. The van der Waals surface area contributed by atoms with Crippen molar-refractivity contribution in [3.05, 3.63) is 88.5 Å². The Morgan fingerprint density at radius 1 is 0.938 bits per heavy atom. The third-order valence-electron chi connectivity index (χ3n) is 5.84. The second-order valence-electron chi connectivity index (χ2n) is 8.15. The second kappa shape index (κ2) is 8.79. The van der Waals surface area contributed by atoms with Crippen molar-refractivity contribution in [1.82, 2.24) is 4.90 Å². The van der Waals surface area contributed by atoms with Crippen LogP contribution in [-0.4, -0.2) is 36.3 Å². The highest BCUT2D eigenvalue weighted by molar-refractivity contribution is 6.21. The summed E-state index contributed by atoms with van der Waals surface area (Å²) in [7, 11) is 1.38. The van der Waals surface area contributed by atoms with Gasteiger partial charge in [-0.3, -0.25) is 14.5 Å². The van der Waals surface area contributed by atoms with Crippen molar-refractivity contribution >= 4 is 23.9 Å². The molecule has 0 fully saturated rings. The first-order chi connectivity index (χ1) is 15.4. The fourth-order valence-electron chi connectivity index (χ4n) is 4.05. The van der Waals surface area contributed by atoms with Gasteiger partial charge in [-0.1, -0.05) is 62.4 Å². The van der Waals surface area contributed by atoms with Crippen LogP contribution in [0, 0.1) is 0 Å². The lowest BCUT2D eigenvalue weighted by molar-refractivity contribution is 0.0599. The van der Waals surface area contributed by atoms with Crippen LogP contribution in [0.4, 0.5) is 0 Å². The van der Waals surface area contributed by atoms with E-state index in [0.29, 0.717) is 35.6 Å². The van der Waals surface area contributed by atoms with Crippen molar-refractivity contribution in [2.24, 2.45) is 0 Å². The molecule has 0 radical (unpaired) electrons. The number of nitrogens with zero attached hydrogens (tertiary/aromatic N) is 1. The first-order valence-electron chi connectivity index (χ1n) is 10.7. The number of ether oxygens (including phenoxy) is 1. The number of carbonyl (C=O) groups is 3. The number of benzene rings is 1. The Balaban J connectivity index is 1.56.